The zero-order valence-electron chi connectivity index (χ0n) is 15.3. The van der Waals surface area contributed by atoms with Gasteiger partial charge < -0.3 is 10.2 Å². The highest BCUT2D eigenvalue weighted by Gasteiger charge is 2.21. The smallest absolute Gasteiger partial charge is 0.272 e. The molecule has 0 fully saturated rings. The highest BCUT2D eigenvalue weighted by molar-refractivity contribution is 5.92. The molecule has 1 atom stereocenters. The van der Waals surface area contributed by atoms with Crippen molar-refractivity contribution in [3.63, 3.8) is 0 Å². The van der Waals surface area contributed by atoms with Crippen LogP contribution in [0.5, 0.6) is 0 Å². The molecule has 1 aromatic heterocycles. The first kappa shape index (κ1) is 19.4. The molecule has 1 N–H and O–H groups in total. The second kappa shape index (κ2) is 8.94. The number of aryl methyl sites for hydroxylation is 1. The van der Waals surface area contributed by atoms with Gasteiger partial charge in [-0.1, -0.05) is 37.3 Å². The predicted octanol–water partition coefficient (Wildman–Crippen LogP) is 1.60. The van der Waals surface area contributed by atoms with Crippen molar-refractivity contribution in [2.24, 2.45) is 0 Å². The minimum atomic E-state index is -0.480. The number of aromatic nitrogens is 2. The van der Waals surface area contributed by atoms with Gasteiger partial charge in [-0.05, 0) is 18.1 Å². The molecule has 2 amide bonds. The van der Waals surface area contributed by atoms with Crippen LogP contribution in [0.2, 0.25) is 0 Å². The average Bonchev–Trinajstić information content (AvgIpc) is 2.63. The van der Waals surface area contributed by atoms with Crippen LogP contribution in [0.4, 0.5) is 0 Å². The Morgan fingerprint density at radius 3 is 2.46 bits per heavy atom. The van der Waals surface area contributed by atoms with Crippen LogP contribution in [0.15, 0.2) is 47.3 Å². The summed E-state index contributed by atoms with van der Waals surface area (Å²) in [5, 5.41) is 6.98. The van der Waals surface area contributed by atoms with Crippen molar-refractivity contribution in [3.05, 3.63) is 64.1 Å². The van der Waals surface area contributed by atoms with Crippen LogP contribution >= 0.6 is 0 Å². The van der Waals surface area contributed by atoms with Crippen molar-refractivity contribution in [1.82, 2.24) is 20.0 Å². The number of amides is 2. The number of rotatable bonds is 7. The van der Waals surface area contributed by atoms with E-state index < -0.39 is 11.9 Å². The third-order valence-electron chi connectivity index (χ3n) is 3.92. The molecule has 1 aromatic carbocycles. The summed E-state index contributed by atoms with van der Waals surface area (Å²) in [6, 6.07) is 11.6. The predicted molar refractivity (Wildman–Crippen MR) is 98.7 cm³/mol. The third-order valence-corrected chi connectivity index (χ3v) is 3.92. The molecule has 138 valence electrons. The molecule has 7 heteroatoms. The molecule has 0 unspecified atom stereocenters. The Balaban J connectivity index is 2.24. The topological polar surface area (TPSA) is 84.3 Å². The molecule has 0 aliphatic heterocycles. The standard InChI is InChI=1S/C19H24N4O3/c1-4-12-23-17(24)11-10-15(21-23)19(26)20-16(13-18(25)22(2)3)14-8-6-5-7-9-14/h5-11,16H,4,12-13H2,1-3H3,(H,20,26)/t16-/m1/s1. The van der Waals surface area contributed by atoms with Gasteiger partial charge in [0.05, 0.1) is 12.5 Å². The number of hydrogen-bond acceptors (Lipinski definition) is 4. The Kier molecular flexibility index (Phi) is 6.66. The van der Waals surface area contributed by atoms with Gasteiger partial charge in [-0.25, -0.2) is 4.68 Å². The molecule has 0 saturated carbocycles. The minimum Gasteiger partial charge on any atom is -0.349 e. The third kappa shape index (κ3) is 5.02. The maximum atomic E-state index is 12.6. The fourth-order valence-electron chi connectivity index (χ4n) is 2.47. The molecule has 7 nitrogen and oxygen atoms in total. The molecule has 0 aliphatic carbocycles. The normalized spacial score (nSPS) is 11.7. The zero-order chi connectivity index (χ0) is 19.1. The van der Waals surface area contributed by atoms with E-state index in [2.05, 4.69) is 10.4 Å². The van der Waals surface area contributed by atoms with Gasteiger partial charge in [0.15, 0.2) is 0 Å². The summed E-state index contributed by atoms with van der Waals surface area (Å²) in [6.07, 6.45) is 0.874. The van der Waals surface area contributed by atoms with Crippen LogP contribution in [0.25, 0.3) is 0 Å². The second-order valence-corrected chi connectivity index (χ2v) is 6.21. The number of benzene rings is 1. The molecule has 0 bridgehead atoms. The lowest BCUT2D eigenvalue weighted by Gasteiger charge is -2.21. The van der Waals surface area contributed by atoms with Crippen LogP contribution in [0.1, 0.15) is 41.9 Å². The van der Waals surface area contributed by atoms with Crippen LogP contribution < -0.4 is 10.9 Å². The van der Waals surface area contributed by atoms with Crippen LogP contribution in [-0.2, 0) is 11.3 Å². The summed E-state index contributed by atoms with van der Waals surface area (Å²) in [4.78, 5) is 38.0. The lowest BCUT2D eigenvalue weighted by Crippen LogP contribution is -2.35. The van der Waals surface area contributed by atoms with Crippen LogP contribution in [0.3, 0.4) is 0 Å². The fourth-order valence-corrected chi connectivity index (χ4v) is 2.47. The van der Waals surface area contributed by atoms with Gasteiger partial charge in [0, 0.05) is 26.7 Å². The van der Waals surface area contributed by atoms with E-state index in [1.165, 1.54) is 21.7 Å². The number of carbonyl (C=O) groups is 2. The van der Waals surface area contributed by atoms with E-state index in [0.717, 1.165) is 12.0 Å². The van der Waals surface area contributed by atoms with Crippen molar-refractivity contribution < 1.29 is 9.59 Å². The molecule has 2 rings (SSSR count). The van der Waals surface area contributed by atoms with E-state index in [9.17, 15) is 14.4 Å². The first-order chi connectivity index (χ1) is 12.4. The van der Waals surface area contributed by atoms with Gasteiger partial charge in [0.25, 0.3) is 11.5 Å². The van der Waals surface area contributed by atoms with Crippen LogP contribution in [-0.4, -0.2) is 40.6 Å². The summed E-state index contributed by atoms with van der Waals surface area (Å²) in [6.45, 7) is 2.38. The Hall–Kier alpha value is -2.96. The molecule has 26 heavy (non-hydrogen) atoms. The van der Waals surface area contributed by atoms with E-state index >= 15 is 0 Å². The van der Waals surface area contributed by atoms with Crippen molar-refractivity contribution in [2.75, 3.05) is 14.1 Å². The number of nitrogens with zero attached hydrogens (tertiary/aromatic N) is 3. The van der Waals surface area contributed by atoms with Crippen LogP contribution in [0, 0.1) is 0 Å². The van der Waals surface area contributed by atoms with Gasteiger partial charge in [-0.15, -0.1) is 0 Å². The van der Waals surface area contributed by atoms with Gasteiger partial charge in [0.2, 0.25) is 5.91 Å². The molecule has 0 spiro atoms. The van der Waals surface area contributed by atoms with Crippen molar-refractivity contribution >= 4 is 11.8 Å². The van der Waals surface area contributed by atoms with Gasteiger partial charge in [-0.3, -0.25) is 14.4 Å². The van der Waals surface area contributed by atoms with E-state index in [1.54, 1.807) is 14.1 Å². The van der Waals surface area contributed by atoms with E-state index in [-0.39, 0.29) is 23.6 Å². The largest absolute Gasteiger partial charge is 0.349 e. The maximum absolute atomic E-state index is 12.6. The monoisotopic (exact) mass is 356 g/mol. The summed E-state index contributed by atoms with van der Waals surface area (Å²) >= 11 is 0. The molecule has 0 radical (unpaired) electrons. The first-order valence-electron chi connectivity index (χ1n) is 8.56. The molecule has 0 aliphatic rings. The van der Waals surface area contributed by atoms with Crippen molar-refractivity contribution in [3.8, 4) is 0 Å². The summed E-state index contributed by atoms with van der Waals surface area (Å²) in [5.74, 6) is -0.515. The fraction of sp³-hybridized carbons (Fsp3) is 0.368. The highest BCUT2D eigenvalue weighted by atomic mass is 16.2. The molecule has 1 heterocycles. The molecular formula is C19H24N4O3. The Morgan fingerprint density at radius 1 is 1.15 bits per heavy atom. The molecule has 0 saturated heterocycles. The number of hydrogen-bond donors (Lipinski definition) is 1. The maximum Gasteiger partial charge on any atom is 0.272 e. The summed E-state index contributed by atoms with van der Waals surface area (Å²) in [5.41, 5.74) is 0.736. The van der Waals surface area contributed by atoms with Gasteiger partial charge >= 0.3 is 0 Å². The van der Waals surface area contributed by atoms with Crippen molar-refractivity contribution in [1.29, 1.82) is 0 Å². The quantitative estimate of drug-likeness (QED) is 0.817. The van der Waals surface area contributed by atoms with Gasteiger partial charge in [-0.2, -0.15) is 5.10 Å². The van der Waals surface area contributed by atoms with Gasteiger partial charge in [0.1, 0.15) is 5.69 Å². The second-order valence-electron chi connectivity index (χ2n) is 6.21. The van der Waals surface area contributed by atoms with E-state index in [4.69, 9.17) is 0 Å². The Morgan fingerprint density at radius 2 is 1.85 bits per heavy atom. The minimum absolute atomic E-state index is 0.0944. The SMILES string of the molecule is CCCn1nc(C(=O)N[C@H](CC(=O)N(C)C)c2ccccc2)ccc1=O. The Bertz CT molecular complexity index is 815. The molecular weight excluding hydrogens is 332 g/mol. The lowest BCUT2D eigenvalue weighted by atomic mass is 10.0. The summed E-state index contributed by atoms with van der Waals surface area (Å²) in [7, 11) is 3.35. The van der Waals surface area contributed by atoms with Crippen molar-refractivity contribution in [2.45, 2.75) is 32.4 Å². The average molecular weight is 356 g/mol. The first-order valence-corrected chi connectivity index (χ1v) is 8.56. The molecule has 2 aromatic rings. The Labute approximate surface area is 152 Å². The highest BCUT2D eigenvalue weighted by Crippen LogP contribution is 2.18. The van der Waals surface area contributed by atoms with E-state index in [0.29, 0.717) is 6.54 Å². The van der Waals surface area contributed by atoms with E-state index in [1.807, 2.05) is 37.3 Å². The number of nitrogens with one attached hydrogen (secondary N) is 1. The summed E-state index contributed by atoms with van der Waals surface area (Å²) < 4.78 is 1.28. The number of carbonyl (C=O) groups excluding carboxylic acids is 2. The zero-order valence-corrected chi connectivity index (χ0v) is 15.3. The lowest BCUT2D eigenvalue weighted by molar-refractivity contribution is -0.129.